The fourth-order valence-corrected chi connectivity index (χ4v) is 3.61. The molecule has 1 amide bonds. The van der Waals surface area contributed by atoms with Crippen molar-refractivity contribution < 1.29 is 15.1 Å². The molecule has 1 aliphatic heterocycles. The number of pyridine rings is 1. The van der Waals surface area contributed by atoms with Crippen LogP contribution < -0.4 is 10.6 Å². The van der Waals surface area contributed by atoms with Crippen LogP contribution in [0.15, 0.2) is 41.7 Å². The van der Waals surface area contributed by atoms with Gasteiger partial charge in [-0.25, -0.2) is 9.67 Å². The van der Waals surface area contributed by atoms with Gasteiger partial charge >= 0.3 is 0 Å². The Morgan fingerprint density at radius 3 is 2.70 bits per heavy atom. The van der Waals surface area contributed by atoms with Crippen LogP contribution in [-0.4, -0.2) is 67.9 Å². The van der Waals surface area contributed by atoms with Crippen LogP contribution in [0.25, 0.3) is 11.0 Å². The van der Waals surface area contributed by atoms with Crippen molar-refractivity contribution in [3.63, 3.8) is 0 Å². The standard InChI is InChI=1S/C19H20ClN7O3/c20-14-4-3-12(10-15(14)28)25-6-8-26(9-7-25)16(29)11-27-19-13(2-1-5-22-19)17(23-27)18(21)24-30/h1-5,10,28,30H,6-9,11H2,(H2,21,24). The minimum Gasteiger partial charge on any atom is -0.506 e. The lowest BCUT2D eigenvalue weighted by molar-refractivity contribution is -0.132. The number of nitrogens with zero attached hydrogens (tertiary/aromatic N) is 6. The van der Waals surface area contributed by atoms with Crippen LogP contribution in [0, 0.1) is 0 Å². The first-order chi connectivity index (χ1) is 14.5. The number of hydrogen-bond acceptors (Lipinski definition) is 7. The van der Waals surface area contributed by atoms with Crippen molar-refractivity contribution in [2.75, 3.05) is 31.1 Å². The second-order valence-electron chi connectivity index (χ2n) is 6.87. The number of phenolic OH excluding ortho intramolecular Hbond substituents is 1. The van der Waals surface area contributed by atoms with Crippen molar-refractivity contribution in [2.45, 2.75) is 6.54 Å². The first-order valence-corrected chi connectivity index (χ1v) is 9.66. The number of carbonyl (C=O) groups is 1. The van der Waals surface area contributed by atoms with E-state index in [1.165, 1.54) is 4.68 Å². The first-order valence-electron chi connectivity index (χ1n) is 9.28. The number of rotatable bonds is 4. The number of fused-ring (bicyclic) bond motifs is 1. The Hall–Kier alpha value is -3.53. The van der Waals surface area contributed by atoms with Crippen LogP contribution in [0.3, 0.4) is 0 Å². The van der Waals surface area contributed by atoms with Crippen LogP contribution in [0.5, 0.6) is 5.75 Å². The maximum absolute atomic E-state index is 12.9. The molecule has 3 heterocycles. The number of piperazine rings is 1. The molecule has 0 atom stereocenters. The molecular weight excluding hydrogens is 410 g/mol. The van der Waals surface area contributed by atoms with Crippen molar-refractivity contribution >= 4 is 40.1 Å². The number of anilines is 1. The van der Waals surface area contributed by atoms with Gasteiger partial charge in [0.05, 0.1) is 10.4 Å². The summed E-state index contributed by atoms with van der Waals surface area (Å²) in [5.41, 5.74) is 7.33. The zero-order valence-corrected chi connectivity index (χ0v) is 16.7. The molecule has 30 heavy (non-hydrogen) atoms. The van der Waals surface area contributed by atoms with Crippen molar-refractivity contribution in [3.8, 4) is 5.75 Å². The summed E-state index contributed by atoms with van der Waals surface area (Å²) in [6.07, 6.45) is 1.60. The molecule has 0 radical (unpaired) electrons. The molecule has 0 spiro atoms. The van der Waals surface area contributed by atoms with Gasteiger partial charge in [0.1, 0.15) is 18.0 Å². The molecule has 4 N–H and O–H groups in total. The van der Waals surface area contributed by atoms with E-state index in [1.807, 2.05) is 6.07 Å². The summed E-state index contributed by atoms with van der Waals surface area (Å²) in [5, 5.41) is 27.0. The summed E-state index contributed by atoms with van der Waals surface area (Å²) >= 11 is 5.87. The lowest BCUT2D eigenvalue weighted by atomic mass is 10.2. The van der Waals surface area contributed by atoms with Crippen LogP contribution in [0.1, 0.15) is 5.69 Å². The first kappa shape index (κ1) is 19.8. The molecule has 0 saturated carbocycles. The van der Waals surface area contributed by atoms with E-state index >= 15 is 0 Å². The van der Waals surface area contributed by atoms with E-state index in [1.54, 1.807) is 35.4 Å². The topological polar surface area (TPSA) is 133 Å². The predicted octanol–water partition coefficient (Wildman–Crippen LogP) is 1.23. The zero-order chi connectivity index (χ0) is 21.3. The third kappa shape index (κ3) is 3.69. The number of benzene rings is 1. The van der Waals surface area contributed by atoms with Crippen LogP contribution in [-0.2, 0) is 11.3 Å². The summed E-state index contributed by atoms with van der Waals surface area (Å²) in [6.45, 7) is 2.30. The smallest absolute Gasteiger partial charge is 0.244 e. The fraction of sp³-hybridized carbons (Fsp3) is 0.263. The quantitative estimate of drug-likeness (QED) is 0.246. The Kier molecular flexibility index (Phi) is 5.32. The molecule has 1 aromatic carbocycles. The zero-order valence-electron chi connectivity index (χ0n) is 15.9. The molecule has 1 aliphatic rings. The Bertz CT molecular complexity index is 1120. The van der Waals surface area contributed by atoms with Gasteiger partial charge < -0.3 is 25.8 Å². The van der Waals surface area contributed by atoms with Crippen LogP contribution in [0.4, 0.5) is 5.69 Å². The molecule has 156 valence electrons. The van der Waals surface area contributed by atoms with Crippen molar-refractivity contribution in [1.29, 1.82) is 0 Å². The molecule has 0 bridgehead atoms. The highest BCUT2D eigenvalue weighted by Crippen LogP contribution is 2.28. The van der Waals surface area contributed by atoms with Gasteiger partial charge in [0.25, 0.3) is 0 Å². The second-order valence-corrected chi connectivity index (χ2v) is 7.28. The van der Waals surface area contributed by atoms with E-state index in [2.05, 4.69) is 20.1 Å². The fourth-order valence-electron chi connectivity index (χ4n) is 3.50. The van der Waals surface area contributed by atoms with Crippen molar-refractivity contribution in [1.82, 2.24) is 19.7 Å². The average Bonchev–Trinajstić information content (AvgIpc) is 3.13. The van der Waals surface area contributed by atoms with E-state index in [0.717, 1.165) is 5.69 Å². The Morgan fingerprint density at radius 1 is 1.23 bits per heavy atom. The molecule has 1 fully saturated rings. The SMILES string of the molecule is N/C(=N\O)c1nn(CC(=O)N2CCN(c3ccc(Cl)c(O)c3)CC2)c2ncccc12. The highest BCUT2D eigenvalue weighted by atomic mass is 35.5. The second kappa shape index (κ2) is 8.07. The van der Waals surface area contributed by atoms with E-state index in [9.17, 15) is 9.90 Å². The number of aromatic hydroxyl groups is 1. The van der Waals surface area contributed by atoms with Gasteiger partial charge in [-0.3, -0.25) is 4.79 Å². The van der Waals surface area contributed by atoms with Gasteiger partial charge in [-0.05, 0) is 24.3 Å². The maximum atomic E-state index is 12.9. The van der Waals surface area contributed by atoms with E-state index in [4.69, 9.17) is 22.5 Å². The number of aromatic nitrogens is 3. The predicted molar refractivity (Wildman–Crippen MR) is 112 cm³/mol. The average molecular weight is 430 g/mol. The lowest BCUT2D eigenvalue weighted by Gasteiger charge is -2.36. The summed E-state index contributed by atoms with van der Waals surface area (Å²) in [5.74, 6) is -0.207. The van der Waals surface area contributed by atoms with Crippen molar-refractivity contribution in [3.05, 3.63) is 47.2 Å². The molecule has 10 nitrogen and oxygen atoms in total. The maximum Gasteiger partial charge on any atom is 0.244 e. The number of halogens is 1. The normalized spacial score (nSPS) is 15.0. The number of hydrogen-bond donors (Lipinski definition) is 3. The Morgan fingerprint density at radius 2 is 2.00 bits per heavy atom. The Labute approximate surface area is 176 Å². The van der Waals surface area contributed by atoms with Crippen LogP contribution >= 0.6 is 11.6 Å². The summed E-state index contributed by atoms with van der Waals surface area (Å²) < 4.78 is 1.47. The number of nitrogens with two attached hydrogens (primary N) is 1. The van der Waals surface area contributed by atoms with Gasteiger partial charge in [-0.2, -0.15) is 5.10 Å². The molecule has 2 aromatic heterocycles. The third-order valence-corrected chi connectivity index (χ3v) is 5.39. The highest BCUT2D eigenvalue weighted by molar-refractivity contribution is 6.32. The van der Waals surface area contributed by atoms with Crippen LogP contribution in [0.2, 0.25) is 5.02 Å². The molecule has 0 aliphatic carbocycles. The molecule has 0 unspecified atom stereocenters. The number of oxime groups is 1. The van der Waals surface area contributed by atoms with Crippen molar-refractivity contribution in [2.24, 2.45) is 10.9 Å². The monoisotopic (exact) mass is 429 g/mol. The van der Waals surface area contributed by atoms with Gasteiger partial charge in [-0.15, -0.1) is 0 Å². The van der Waals surface area contributed by atoms with Gasteiger partial charge in [0.15, 0.2) is 11.5 Å². The lowest BCUT2D eigenvalue weighted by Crippen LogP contribution is -2.49. The summed E-state index contributed by atoms with van der Waals surface area (Å²) in [7, 11) is 0. The van der Waals surface area contributed by atoms with E-state index in [0.29, 0.717) is 42.2 Å². The highest BCUT2D eigenvalue weighted by Gasteiger charge is 2.24. The number of amidine groups is 1. The molecule has 11 heteroatoms. The molecule has 4 rings (SSSR count). The van der Waals surface area contributed by atoms with Gasteiger partial charge in [0, 0.05) is 44.1 Å². The number of amides is 1. The van der Waals surface area contributed by atoms with E-state index in [-0.39, 0.29) is 29.7 Å². The van der Waals surface area contributed by atoms with Gasteiger partial charge in [-0.1, -0.05) is 16.8 Å². The summed E-state index contributed by atoms with van der Waals surface area (Å²) in [6, 6.07) is 8.59. The van der Waals surface area contributed by atoms with Gasteiger partial charge in [0.2, 0.25) is 5.91 Å². The largest absolute Gasteiger partial charge is 0.506 e. The summed E-state index contributed by atoms with van der Waals surface area (Å²) in [4.78, 5) is 21.0. The minimum absolute atomic E-state index is 0.00600. The Balaban J connectivity index is 1.46. The van der Waals surface area contributed by atoms with E-state index < -0.39 is 0 Å². The number of carbonyl (C=O) groups excluding carboxylic acids is 1. The molecular formula is C19H20ClN7O3. The number of phenols is 1. The minimum atomic E-state index is -0.140. The third-order valence-electron chi connectivity index (χ3n) is 5.07. The molecule has 1 saturated heterocycles. The molecule has 3 aromatic rings.